The molecule has 0 spiro atoms. The molecule has 0 amide bonds. The summed E-state index contributed by atoms with van der Waals surface area (Å²) in [6.07, 6.45) is 9.28. The van der Waals surface area contributed by atoms with Crippen LogP contribution in [0.2, 0.25) is 0 Å². The topological polar surface area (TPSA) is 18.5 Å². The lowest BCUT2D eigenvalue weighted by atomic mass is 10.1. The van der Waals surface area contributed by atoms with Crippen molar-refractivity contribution in [1.82, 2.24) is 0 Å². The van der Waals surface area contributed by atoms with Gasteiger partial charge in [-0.3, -0.25) is 0 Å². The molecular formula is C13H22Br2O2. The van der Waals surface area contributed by atoms with Gasteiger partial charge in [0.25, 0.3) is 0 Å². The molecule has 1 heterocycles. The van der Waals surface area contributed by atoms with E-state index in [0.717, 1.165) is 29.4 Å². The van der Waals surface area contributed by atoms with E-state index < -0.39 is 0 Å². The number of halogens is 2. The van der Waals surface area contributed by atoms with Gasteiger partial charge in [0.15, 0.2) is 6.29 Å². The number of ether oxygens (including phenoxy) is 2. The van der Waals surface area contributed by atoms with Gasteiger partial charge in [-0.15, -0.1) is 0 Å². The van der Waals surface area contributed by atoms with Crippen LogP contribution >= 0.6 is 31.9 Å². The number of unbranched alkanes of at least 4 members (excludes halogenated alkanes) is 1. The molecule has 0 bridgehead atoms. The van der Waals surface area contributed by atoms with Crippen LogP contribution in [-0.2, 0) is 9.47 Å². The average Bonchev–Trinajstić information content (AvgIpc) is 2.29. The lowest BCUT2D eigenvalue weighted by Gasteiger charge is -2.22. The van der Waals surface area contributed by atoms with Crippen molar-refractivity contribution in [3.8, 4) is 0 Å². The van der Waals surface area contributed by atoms with Crippen LogP contribution < -0.4 is 0 Å². The van der Waals surface area contributed by atoms with Crippen LogP contribution in [-0.4, -0.2) is 19.5 Å². The van der Waals surface area contributed by atoms with Crippen LogP contribution in [0.5, 0.6) is 0 Å². The lowest BCUT2D eigenvalue weighted by Crippen LogP contribution is -2.22. The minimum absolute atomic E-state index is 0.0674. The molecule has 2 atom stereocenters. The minimum Gasteiger partial charge on any atom is -0.353 e. The van der Waals surface area contributed by atoms with Gasteiger partial charge >= 0.3 is 0 Å². The molecule has 0 N–H and O–H groups in total. The standard InChI is InChI=1S/C13H22Br2O2/c1-11(10-12(14)15)6-2-4-8-16-13-7-3-5-9-17-13/h10-11,13H,2-9H2,1H3. The predicted molar refractivity (Wildman–Crippen MR) is 78.5 cm³/mol. The van der Waals surface area contributed by atoms with E-state index in [1.54, 1.807) is 0 Å². The van der Waals surface area contributed by atoms with E-state index in [9.17, 15) is 0 Å². The van der Waals surface area contributed by atoms with Crippen LogP contribution in [0.3, 0.4) is 0 Å². The van der Waals surface area contributed by atoms with Gasteiger partial charge in [-0.2, -0.15) is 0 Å². The van der Waals surface area contributed by atoms with Crippen LogP contribution in [0.15, 0.2) is 9.47 Å². The molecule has 17 heavy (non-hydrogen) atoms. The molecule has 2 unspecified atom stereocenters. The number of hydrogen-bond donors (Lipinski definition) is 0. The van der Waals surface area contributed by atoms with Gasteiger partial charge in [-0.1, -0.05) is 19.4 Å². The van der Waals surface area contributed by atoms with Crippen LogP contribution in [0.25, 0.3) is 0 Å². The van der Waals surface area contributed by atoms with E-state index >= 15 is 0 Å². The van der Waals surface area contributed by atoms with Gasteiger partial charge in [0.2, 0.25) is 0 Å². The number of allylic oxidation sites excluding steroid dienone is 1. The van der Waals surface area contributed by atoms with Crippen molar-refractivity contribution in [2.45, 2.75) is 51.7 Å². The molecular weight excluding hydrogens is 348 g/mol. The molecule has 4 heteroatoms. The fraction of sp³-hybridized carbons (Fsp3) is 0.846. The molecule has 1 aliphatic rings. The zero-order valence-electron chi connectivity index (χ0n) is 10.5. The molecule has 1 aliphatic heterocycles. The van der Waals surface area contributed by atoms with E-state index in [2.05, 4.69) is 44.9 Å². The fourth-order valence-corrected chi connectivity index (χ4v) is 2.83. The Morgan fingerprint density at radius 3 is 2.88 bits per heavy atom. The molecule has 0 radical (unpaired) electrons. The first-order valence-corrected chi connectivity index (χ1v) is 8.03. The van der Waals surface area contributed by atoms with Crippen molar-refractivity contribution in [3.05, 3.63) is 9.47 Å². The Morgan fingerprint density at radius 2 is 2.24 bits per heavy atom. The Kier molecular flexibility index (Phi) is 8.79. The highest BCUT2D eigenvalue weighted by Crippen LogP contribution is 2.19. The first kappa shape index (κ1) is 15.7. The van der Waals surface area contributed by atoms with Gasteiger partial charge in [-0.05, 0) is 69.9 Å². The third kappa shape index (κ3) is 8.36. The minimum atomic E-state index is 0.0674. The average molecular weight is 370 g/mol. The predicted octanol–water partition coefficient (Wildman–Crippen LogP) is 4.97. The van der Waals surface area contributed by atoms with Crippen LogP contribution in [0.4, 0.5) is 0 Å². The largest absolute Gasteiger partial charge is 0.353 e. The van der Waals surface area contributed by atoms with E-state index in [1.807, 2.05) is 0 Å². The summed E-state index contributed by atoms with van der Waals surface area (Å²) in [4.78, 5) is 0. The fourth-order valence-electron chi connectivity index (χ4n) is 1.92. The van der Waals surface area contributed by atoms with Crippen molar-refractivity contribution in [3.63, 3.8) is 0 Å². The maximum Gasteiger partial charge on any atom is 0.157 e. The summed E-state index contributed by atoms with van der Waals surface area (Å²) in [5.41, 5.74) is 0. The van der Waals surface area contributed by atoms with Gasteiger partial charge < -0.3 is 9.47 Å². The summed E-state index contributed by atoms with van der Waals surface area (Å²) in [6.45, 7) is 3.93. The van der Waals surface area contributed by atoms with Crippen molar-refractivity contribution < 1.29 is 9.47 Å². The maximum atomic E-state index is 5.69. The molecule has 1 fully saturated rings. The smallest absolute Gasteiger partial charge is 0.157 e. The molecule has 0 aromatic heterocycles. The Morgan fingerprint density at radius 1 is 1.41 bits per heavy atom. The third-order valence-corrected chi connectivity index (χ3v) is 3.43. The second-order valence-electron chi connectivity index (χ2n) is 4.60. The Bertz CT molecular complexity index is 221. The highest BCUT2D eigenvalue weighted by Gasteiger charge is 2.13. The summed E-state index contributed by atoms with van der Waals surface area (Å²) in [7, 11) is 0. The Labute approximate surface area is 121 Å². The monoisotopic (exact) mass is 368 g/mol. The molecule has 0 aromatic rings. The molecule has 1 rings (SSSR count). The zero-order valence-corrected chi connectivity index (χ0v) is 13.6. The van der Waals surface area contributed by atoms with E-state index in [1.165, 1.54) is 25.7 Å². The van der Waals surface area contributed by atoms with E-state index in [4.69, 9.17) is 9.47 Å². The summed E-state index contributed by atoms with van der Waals surface area (Å²) < 4.78 is 12.2. The van der Waals surface area contributed by atoms with Gasteiger partial charge in [0, 0.05) is 13.2 Å². The molecule has 1 saturated heterocycles. The molecule has 0 aromatic carbocycles. The Hall–Kier alpha value is 0.620. The van der Waals surface area contributed by atoms with Gasteiger partial charge in [0.1, 0.15) is 0 Å². The first-order valence-electron chi connectivity index (χ1n) is 6.44. The number of rotatable bonds is 7. The highest BCUT2D eigenvalue weighted by atomic mass is 79.9. The lowest BCUT2D eigenvalue weighted by molar-refractivity contribution is -0.162. The Balaban J connectivity index is 1.95. The van der Waals surface area contributed by atoms with E-state index in [0.29, 0.717) is 5.92 Å². The summed E-state index contributed by atoms with van der Waals surface area (Å²) in [5, 5.41) is 0. The second kappa shape index (κ2) is 9.54. The first-order chi connectivity index (χ1) is 8.18. The quantitative estimate of drug-likeness (QED) is 0.590. The van der Waals surface area contributed by atoms with Gasteiger partial charge in [-0.25, -0.2) is 0 Å². The van der Waals surface area contributed by atoms with Crippen molar-refractivity contribution >= 4 is 31.9 Å². The normalized spacial score (nSPS) is 22.2. The summed E-state index contributed by atoms with van der Waals surface area (Å²) in [6, 6.07) is 0. The van der Waals surface area contributed by atoms with Crippen molar-refractivity contribution in [2.75, 3.05) is 13.2 Å². The van der Waals surface area contributed by atoms with Gasteiger partial charge in [0.05, 0.1) is 3.39 Å². The molecule has 0 saturated carbocycles. The summed E-state index contributed by atoms with van der Waals surface area (Å²) in [5.74, 6) is 0.606. The van der Waals surface area contributed by atoms with Crippen molar-refractivity contribution in [1.29, 1.82) is 0 Å². The number of hydrogen-bond acceptors (Lipinski definition) is 2. The molecule has 100 valence electrons. The summed E-state index contributed by atoms with van der Waals surface area (Å²) >= 11 is 6.77. The SMILES string of the molecule is CC(C=C(Br)Br)CCCCOC1CCCCO1. The third-order valence-electron chi connectivity index (χ3n) is 2.91. The van der Waals surface area contributed by atoms with Crippen LogP contribution in [0, 0.1) is 5.92 Å². The van der Waals surface area contributed by atoms with E-state index in [-0.39, 0.29) is 6.29 Å². The molecule has 0 aliphatic carbocycles. The molecule has 2 nitrogen and oxygen atoms in total. The highest BCUT2D eigenvalue weighted by molar-refractivity contribution is 9.28. The van der Waals surface area contributed by atoms with Crippen molar-refractivity contribution in [2.24, 2.45) is 5.92 Å². The maximum absolute atomic E-state index is 5.69. The van der Waals surface area contributed by atoms with Crippen LogP contribution in [0.1, 0.15) is 45.4 Å². The zero-order chi connectivity index (χ0) is 12.5. The second-order valence-corrected chi connectivity index (χ2v) is 7.37.